The molecular formula is C24H23N3O4S. The maximum atomic E-state index is 13.1. The quantitative estimate of drug-likeness (QED) is 0.604. The van der Waals surface area contributed by atoms with E-state index < -0.39 is 22.0 Å². The molecular weight excluding hydrogens is 426 g/mol. The lowest BCUT2D eigenvalue weighted by Crippen LogP contribution is -2.49. The van der Waals surface area contributed by atoms with Gasteiger partial charge in [0, 0.05) is 18.7 Å². The molecule has 164 valence electrons. The van der Waals surface area contributed by atoms with Crippen LogP contribution in [0.2, 0.25) is 0 Å². The van der Waals surface area contributed by atoms with Gasteiger partial charge in [-0.3, -0.25) is 9.59 Å². The van der Waals surface area contributed by atoms with Gasteiger partial charge in [0.25, 0.3) is 5.91 Å². The zero-order chi connectivity index (χ0) is 22.6. The SMILES string of the molecule is O=C1CN(S(=O)(=O)c2cccc(C(=O)NC(c3ccccc3)c3ccccc3)c2)CCN1. The van der Waals surface area contributed by atoms with Crippen molar-refractivity contribution in [2.24, 2.45) is 0 Å². The molecule has 0 atom stereocenters. The van der Waals surface area contributed by atoms with Gasteiger partial charge in [-0.05, 0) is 29.3 Å². The molecule has 2 N–H and O–H groups in total. The van der Waals surface area contributed by atoms with Crippen LogP contribution in [0.25, 0.3) is 0 Å². The highest BCUT2D eigenvalue weighted by atomic mass is 32.2. The normalized spacial score (nSPS) is 14.7. The third-order valence-corrected chi connectivity index (χ3v) is 7.12. The van der Waals surface area contributed by atoms with Crippen LogP contribution in [0.1, 0.15) is 27.5 Å². The van der Waals surface area contributed by atoms with Gasteiger partial charge in [-0.15, -0.1) is 0 Å². The van der Waals surface area contributed by atoms with Crippen LogP contribution in [0, 0.1) is 0 Å². The second-order valence-corrected chi connectivity index (χ2v) is 9.38. The van der Waals surface area contributed by atoms with Crippen LogP contribution in [-0.4, -0.2) is 44.2 Å². The molecule has 7 nitrogen and oxygen atoms in total. The number of piperazine rings is 1. The van der Waals surface area contributed by atoms with Crippen molar-refractivity contribution in [3.63, 3.8) is 0 Å². The largest absolute Gasteiger partial charge is 0.354 e. The van der Waals surface area contributed by atoms with E-state index in [2.05, 4.69) is 10.6 Å². The second-order valence-electron chi connectivity index (χ2n) is 7.44. The van der Waals surface area contributed by atoms with Crippen molar-refractivity contribution >= 4 is 21.8 Å². The van der Waals surface area contributed by atoms with Crippen molar-refractivity contribution in [2.75, 3.05) is 19.6 Å². The van der Waals surface area contributed by atoms with E-state index in [1.54, 1.807) is 6.07 Å². The molecule has 8 heteroatoms. The first-order valence-electron chi connectivity index (χ1n) is 10.2. The Hall–Kier alpha value is -3.49. The van der Waals surface area contributed by atoms with E-state index in [9.17, 15) is 18.0 Å². The lowest BCUT2D eigenvalue weighted by atomic mass is 9.98. The first-order valence-corrected chi connectivity index (χ1v) is 11.7. The predicted octanol–water partition coefficient (Wildman–Crippen LogP) is 2.33. The van der Waals surface area contributed by atoms with Crippen LogP contribution >= 0.6 is 0 Å². The van der Waals surface area contributed by atoms with Gasteiger partial charge < -0.3 is 10.6 Å². The average molecular weight is 450 g/mol. The minimum absolute atomic E-state index is 0.0178. The Kier molecular flexibility index (Phi) is 6.34. The number of sulfonamides is 1. The molecule has 3 aromatic carbocycles. The highest BCUT2D eigenvalue weighted by molar-refractivity contribution is 7.89. The summed E-state index contributed by atoms with van der Waals surface area (Å²) in [5.74, 6) is -0.738. The molecule has 1 aliphatic heterocycles. The second kappa shape index (κ2) is 9.33. The van der Waals surface area contributed by atoms with Crippen LogP contribution in [0.3, 0.4) is 0 Å². The van der Waals surface area contributed by atoms with Crippen molar-refractivity contribution in [3.8, 4) is 0 Å². The minimum Gasteiger partial charge on any atom is -0.354 e. The summed E-state index contributed by atoms with van der Waals surface area (Å²) in [4.78, 5) is 24.7. The van der Waals surface area contributed by atoms with Crippen LogP contribution in [0.4, 0.5) is 0 Å². The van der Waals surface area contributed by atoms with Crippen molar-refractivity contribution in [1.82, 2.24) is 14.9 Å². The molecule has 0 aromatic heterocycles. The molecule has 0 spiro atoms. The fourth-order valence-corrected chi connectivity index (χ4v) is 5.08. The number of nitrogens with one attached hydrogen (secondary N) is 2. The molecule has 0 bridgehead atoms. The number of carbonyl (C=O) groups excluding carboxylic acids is 2. The van der Waals surface area contributed by atoms with Gasteiger partial charge in [0.2, 0.25) is 15.9 Å². The summed E-state index contributed by atoms with van der Waals surface area (Å²) in [6.07, 6.45) is 0. The van der Waals surface area contributed by atoms with Crippen LogP contribution in [0.15, 0.2) is 89.8 Å². The van der Waals surface area contributed by atoms with Gasteiger partial charge in [0.05, 0.1) is 17.5 Å². The summed E-state index contributed by atoms with van der Waals surface area (Å²) in [5.41, 5.74) is 2.05. The minimum atomic E-state index is -3.89. The molecule has 2 amide bonds. The van der Waals surface area contributed by atoms with Crippen molar-refractivity contribution < 1.29 is 18.0 Å². The fourth-order valence-electron chi connectivity index (χ4n) is 3.63. The first-order chi connectivity index (χ1) is 15.4. The highest BCUT2D eigenvalue weighted by Gasteiger charge is 2.29. The Bertz CT molecular complexity index is 1170. The number of amides is 2. The summed E-state index contributed by atoms with van der Waals surface area (Å²) >= 11 is 0. The molecule has 4 rings (SSSR count). The lowest BCUT2D eigenvalue weighted by Gasteiger charge is -2.26. The summed E-state index contributed by atoms with van der Waals surface area (Å²) in [7, 11) is -3.89. The van der Waals surface area contributed by atoms with Gasteiger partial charge in [0.15, 0.2) is 0 Å². The third-order valence-electron chi connectivity index (χ3n) is 5.28. The van der Waals surface area contributed by atoms with Crippen LogP contribution in [-0.2, 0) is 14.8 Å². The lowest BCUT2D eigenvalue weighted by molar-refractivity contribution is -0.122. The van der Waals surface area contributed by atoms with E-state index in [0.29, 0.717) is 0 Å². The molecule has 0 radical (unpaired) electrons. The molecule has 0 saturated carbocycles. The van der Waals surface area contributed by atoms with Crippen LogP contribution in [0.5, 0.6) is 0 Å². The Morgan fingerprint density at radius 2 is 1.53 bits per heavy atom. The Balaban J connectivity index is 1.61. The maximum Gasteiger partial charge on any atom is 0.252 e. The van der Waals surface area contributed by atoms with E-state index in [-0.39, 0.29) is 36.0 Å². The van der Waals surface area contributed by atoms with Crippen molar-refractivity contribution in [3.05, 3.63) is 102 Å². The average Bonchev–Trinajstić information content (AvgIpc) is 2.83. The zero-order valence-corrected chi connectivity index (χ0v) is 18.1. The van der Waals surface area contributed by atoms with Crippen molar-refractivity contribution in [1.29, 1.82) is 0 Å². The number of rotatable bonds is 6. The van der Waals surface area contributed by atoms with E-state index in [1.807, 2.05) is 60.7 Å². The maximum absolute atomic E-state index is 13.1. The smallest absolute Gasteiger partial charge is 0.252 e. The fraction of sp³-hybridized carbons (Fsp3) is 0.167. The van der Waals surface area contributed by atoms with Gasteiger partial charge in [0.1, 0.15) is 0 Å². The number of benzene rings is 3. The van der Waals surface area contributed by atoms with Gasteiger partial charge in [-0.1, -0.05) is 66.7 Å². The Morgan fingerprint density at radius 1 is 0.906 bits per heavy atom. The molecule has 1 saturated heterocycles. The Morgan fingerprint density at radius 3 is 2.12 bits per heavy atom. The third kappa shape index (κ3) is 4.71. The monoisotopic (exact) mass is 449 g/mol. The molecule has 1 heterocycles. The van der Waals surface area contributed by atoms with Gasteiger partial charge in [-0.2, -0.15) is 4.31 Å². The number of hydrogen-bond acceptors (Lipinski definition) is 4. The molecule has 0 unspecified atom stereocenters. The van der Waals surface area contributed by atoms with E-state index in [0.717, 1.165) is 15.4 Å². The molecule has 3 aromatic rings. The Labute approximate surface area is 187 Å². The first kappa shape index (κ1) is 21.7. The summed E-state index contributed by atoms with van der Waals surface area (Å²) < 4.78 is 27.1. The molecule has 32 heavy (non-hydrogen) atoms. The van der Waals surface area contributed by atoms with Crippen LogP contribution < -0.4 is 10.6 Å². The van der Waals surface area contributed by atoms with E-state index in [1.165, 1.54) is 18.2 Å². The summed E-state index contributed by atoms with van der Waals surface area (Å²) in [6, 6.07) is 24.6. The molecule has 1 aliphatic rings. The topological polar surface area (TPSA) is 95.6 Å². The van der Waals surface area contributed by atoms with Crippen molar-refractivity contribution in [2.45, 2.75) is 10.9 Å². The highest BCUT2D eigenvalue weighted by Crippen LogP contribution is 2.23. The van der Waals surface area contributed by atoms with E-state index >= 15 is 0 Å². The number of nitrogens with zero attached hydrogens (tertiary/aromatic N) is 1. The standard InChI is InChI=1S/C24H23N3O4S/c28-22-17-27(15-14-25-22)32(30,31)21-13-7-12-20(16-21)24(29)26-23(18-8-3-1-4-9-18)19-10-5-2-6-11-19/h1-13,16,23H,14-15,17H2,(H,25,28)(H,26,29). The number of hydrogen-bond donors (Lipinski definition) is 2. The van der Waals surface area contributed by atoms with E-state index in [4.69, 9.17) is 0 Å². The van der Waals surface area contributed by atoms with Gasteiger partial charge in [-0.25, -0.2) is 8.42 Å². The zero-order valence-electron chi connectivity index (χ0n) is 17.3. The number of carbonyl (C=O) groups is 2. The predicted molar refractivity (Wildman–Crippen MR) is 120 cm³/mol. The molecule has 0 aliphatic carbocycles. The summed E-state index contributed by atoms with van der Waals surface area (Å²) in [5, 5.41) is 5.63. The summed E-state index contributed by atoms with van der Waals surface area (Å²) in [6.45, 7) is 0.214. The van der Waals surface area contributed by atoms with Gasteiger partial charge >= 0.3 is 0 Å². The molecule has 1 fully saturated rings.